The quantitative estimate of drug-likeness (QED) is 0.605. The van der Waals surface area contributed by atoms with Gasteiger partial charge in [-0.1, -0.05) is 30.0 Å². The first-order chi connectivity index (χ1) is 9.78. The average Bonchev–Trinajstić information content (AvgIpc) is 2.93. The number of nitrogens with zero attached hydrogens (tertiary/aromatic N) is 2. The number of rotatable bonds is 7. The minimum atomic E-state index is 0.0312. The van der Waals surface area contributed by atoms with Gasteiger partial charge in [0.2, 0.25) is 0 Å². The topological polar surface area (TPSA) is 73.1 Å². The molecule has 1 atom stereocenters. The molecule has 1 aromatic carbocycles. The van der Waals surface area contributed by atoms with E-state index in [-0.39, 0.29) is 6.04 Å². The van der Waals surface area contributed by atoms with Crippen LogP contribution in [0.3, 0.4) is 0 Å². The Morgan fingerprint density at radius 1 is 1.45 bits per heavy atom. The molecule has 1 aromatic heterocycles. The fraction of sp³-hybridized carbons (Fsp3) is 0.429. The number of ether oxygens (including phenoxy) is 1. The maximum absolute atomic E-state index is 5.72. The van der Waals surface area contributed by atoms with Crippen LogP contribution in [0.15, 0.2) is 24.3 Å². The Labute approximate surface area is 123 Å². The molecule has 5 nitrogen and oxygen atoms in total. The van der Waals surface area contributed by atoms with Crippen molar-refractivity contribution in [1.29, 1.82) is 0 Å². The molecule has 0 aliphatic heterocycles. The van der Waals surface area contributed by atoms with Crippen LogP contribution in [-0.2, 0) is 12.8 Å². The van der Waals surface area contributed by atoms with Gasteiger partial charge in [0, 0.05) is 0 Å². The molecule has 0 fully saturated rings. The first kappa shape index (κ1) is 14.9. The molecule has 0 saturated carbocycles. The van der Waals surface area contributed by atoms with Crippen LogP contribution in [0.2, 0.25) is 0 Å². The zero-order chi connectivity index (χ0) is 14.4. The maximum atomic E-state index is 5.72. The molecule has 6 heteroatoms. The molecule has 0 bridgehead atoms. The Balaban J connectivity index is 2.17. The van der Waals surface area contributed by atoms with Crippen molar-refractivity contribution in [1.82, 2.24) is 15.0 Å². The van der Waals surface area contributed by atoms with Crippen molar-refractivity contribution in [2.45, 2.75) is 32.2 Å². The van der Waals surface area contributed by atoms with Crippen molar-refractivity contribution in [3.8, 4) is 5.75 Å². The van der Waals surface area contributed by atoms with Crippen LogP contribution in [0.25, 0.3) is 0 Å². The van der Waals surface area contributed by atoms with E-state index in [0.717, 1.165) is 35.6 Å². The summed E-state index contributed by atoms with van der Waals surface area (Å²) in [6.07, 6.45) is 2.77. The summed E-state index contributed by atoms with van der Waals surface area (Å²) < 4.78 is 9.31. The number of hydrogen-bond donors (Lipinski definition) is 2. The SMILES string of the molecule is CCCc1nnsc1C(Cc1cccc(OC)c1)NN. The van der Waals surface area contributed by atoms with E-state index < -0.39 is 0 Å². The molecule has 1 unspecified atom stereocenters. The fourth-order valence-electron chi connectivity index (χ4n) is 2.15. The smallest absolute Gasteiger partial charge is 0.119 e. The third-order valence-electron chi connectivity index (χ3n) is 3.16. The van der Waals surface area contributed by atoms with Crippen molar-refractivity contribution in [2.75, 3.05) is 7.11 Å². The van der Waals surface area contributed by atoms with E-state index in [4.69, 9.17) is 10.6 Å². The van der Waals surface area contributed by atoms with Gasteiger partial charge < -0.3 is 4.74 Å². The minimum absolute atomic E-state index is 0.0312. The molecule has 2 aromatic rings. The van der Waals surface area contributed by atoms with Gasteiger partial charge in [-0.25, -0.2) is 0 Å². The summed E-state index contributed by atoms with van der Waals surface area (Å²) >= 11 is 1.42. The predicted molar refractivity (Wildman–Crippen MR) is 80.7 cm³/mol. The zero-order valence-corrected chi connectivity index (χ0v) is 12.6. The second kappa shape index (κ2) is 7.33. The van der Waals surface area contributed by atoms with Gasteiger partial charge in [0.05, 0.1) is 23.7 Å². The number of methoxy groups -OCH3 is 1. The lowest BCUT2D eigenvalue weighted by molar-refractivity contribution is 0.414. The summed E-state index contributed by atoms with van der Waals surface area (Å²) in [5, 5.41) is 4.20. The Kier molecular flexibility index (Phi) is 5.46. The molecule has 0 saturated heterocycles. The fourth-order valence-corrected chi connectivity index (χ4v) is 2.91. The summed E-state index contributed by atoms with van der Waals surface area (Å²) in [4.78, 5) is 1.12. The number of aromatic nitrogens is 2. The lowest BCUT2D eigenvalue weighted by atomic mass is 10.0. The Morgan fingerprint density at radius 3 is 3.00 bits per heavy atom. The van der Waals surface area contributed by atoms with Crippen molar-refractivity contribution < 1.29 is 4.74 Å². The van der Waals surface area contributed by atoms with Gasteiger partial charge in [0.1, 0.15) is 5.75 Å². The van der Waals surface area contributed by atoms with E-state index in [0.29, 0.717) is 0 Å². The third kappa shape index (κ3) is 3.53. The van der Waals surface area contributed by atoms with Gasteiger partial charge in [-0.3, -0.25) is 11.3 Å². The highest BCUT2D eigenvalue weighted by molar-refractivity contribution is 7.05. The number of hydrogen-bond acceptors (Lipinski definition) is 6. The van der Waals surface area contributed by atoms with E-state index in [9.17, 15) is 0 Å². The van der Waals surface area contributed by atoms with Crippen molar-refractivity contribution in [2.24, 2.45) is 5.84 Å². The molecule has 0 amide bonds. The summed E-state index contributed by atoms with van der Waals surface area (Å²) in [5.74, 6) is 6.57. The Morgan fingerprint density at radius 2 is 2.30 bits per heavy atom. The molecular formula is C14H20N4OS. The number of nitrogens with one attached hydrogen (secondary N) is 1. The van der Waals surface area contributed by atoms with Crippen molar-refractivity contribution in [3.05, 3.63) is 40.4 Å². The Bertz CT molecular complexity index is 543. The standard InChI is InChI=1S/C14H20N4OS/c1-3-5-12-14(20-18-17-12)13(16-15)9-10-6-4-7-11(8-10)19-2/h4,6-8,13,16H,3,5,9,15H2,1-2H3. The highest BCUT2D eigenvalue weighted by Crippen LogP contribution is 2.25. The molecule has 20 heavy (non-hydrogen) atoms. The third-order valence-corrected chi connectivity index (χ3v) is 4.04. The number of benzene rings is 1. The van der Waals surface area contributed by atoms with E-state index in [2.05, 4.69) is 28.0 Å². The van der Waals surface area contributed by atoms with Crippen LogP contribution in [-0.4, -0.2) is 16.7 Å². The highest BCUT2D eigenvalue weighted by atomic mass is 32.1. The molecule has 3 N–H and O–H groups in total. The second-order valence-corrected chi connectivity index (χ2v) is 5.39. The van der Waals surface area contributed by atoms with Crippen LogP contribution in [0.4, 0.5) is 0 Å². The van der Waals surface area contributed by atoms with Crippen LogP contribution in [0.1, 0.15) is 35.5 Å². The highest BCUT2D eigenvalue weighted by Gasteiger charge is 2.18. The van der Waals surface area contributed by atoms with E-state index >= 15 is 0 Å². The molecular weight excluding hydrogens is 272 g/mol. The predicted octanol–water partition coefficient (Wildman–Crippen LogP) is 2.25. The lowest BCUT2D eigenvalue weighted by Gasteiger charge is -2.15. The van der Waals surface area contributed by atoms with Crippen molar-refractivity contribution in [3.63, 3.8) is 0 Å². The minimum Gasteiger partial charge on any atom is -0.497 e. The molecule has 0 aliphatic carbocycles. The average molecular weight is 292 g/mol. The van der Waals surface area contributed by atoms with E-state index in [1.165, 1.54) is 17.1 Å². The number of aryl methyl sites for hydroxylation is 1. The molecule has 108 valence electrons. The Hall–Kier alpha value is -1.50. The van der Waals surface area contributed by atoms with Crippen LogP contribution < -0.4 is 16.0 Å². The summed E-state index contributed by atoms with van der Waals surface area (Å²) in [7, 11) is 1.67. The normalized spacial score (nSPS) is 12.3. The van der Waals surface area contributed by atoms with Crippen LogP contribution >= 0.6 is 11.5 Å². The summed E-state index contributed by atoms with van der Waals surface area (Å²) in [6.45, 7) is 2.13. The maximum Gasteiger partial charge on any atom is 0.119 e. The molecule has 0 radical (unpaired) electrons. The molecule has 1 heterocycles. The lowest BCUT2D eigenvalue weighted by Crippen LogP contribution is -2.29. The number of nitrogens with two attached hydrogens (primary N) is 1. The van der Waals surface area contributed by atoms with Gasteiger partial charge in [-0.15, -0.1) is 5.10 Å². The van der Waals surface area contributed by atoms with E-state index in [1.807, 2.05) is 18.2 Å². The van der Waals surface area contributed by atoms with Gasteiger partial charge in [-0.2, -0.15) is 0 Å². The first-order valence-corrected chi connectivity index (χ1v) is 7.46. The molecule has 2 rings (SSSR count). The first-order valence-electron chi connectivity index (χ1n) is 6.68. The molecule has 0 aliphatic rings. The zero-order valence-electron chi connectivity index (χ0n) is 11.8. The van der Waals surface area contributed by atoms with Crippen molar-refractivity contribution >= 4 is 11.5 Å². The van der Waals surface area contributed by atoms with Gasteiger partial charge in [-0.05, 0) is 42.1 Å². The summed E-state index contributed by atoms with van der Waals surface area (Å²) in [5.41, 5.74) is 5.09. The van der Waals surface area contributed by atoms with E-state index in [1.54, 1.807) is 7.11 Å². The largest absolute Gasteiger partial charge is 0.497 e. The summed E-state index contributed by atoms with van der Waals surface area (Å²) in [6, 6.07) is 8.05. The van der Waals surface area contributed by atoms with Gasteiger partial charge >= 0.3 is 0 Å². The van der Waals surface area contributed by atoms with Gasteiger partial charge in [0.15, 0.2) is 0 Å². The van der Waals surface area contributed by atoms with Crippen LogP contribution in [0, 0.1) is 0 Å². The molecule has 0 spiro atoms. The van der Waals surface area contributed by atoms with Crippen LogP contribution in [0.5, 0.6) is 5.75 Å². The second-order valence-electron chi connectivity index (χ2n) is 4.61. The van der Waals surface area contributed by atoms with Gasteiger partial charge in [0.25, 0.3) is 0 Å². The monoisotopic (exact) mass is 292 g/mol. The number of hydrazine groups is 1.